The number of carbonyl (C=O) groups excluding carboxylic acids is 3. The molecule has 2 amide bonds. The van der Waals surface area contributed by atoms with Crippen LogP contribution in [0.4, 0.5) is 8.78 Å². The first kappa shape index (κ1) is 30.0. The van der Waals surface area contributed by atoms with E-state index in [2.05, 4.69) is 15.6 Å². The molecule has 4 heterocycles. The number of halogens is 2. The number of nitrogens with one attached hydrogen (secondary N) is 1. The van der Waals surface area contributed by atoms with Gasteiger partial charge in [-0.2, -0.15) is 0 Å². The average molecular weight is 599 g/mol. The van der Waals surface area contributed by atoms with E-state index in [1.807, 2.05) is 13.8 Å². The molecule has 2 atom stereocenters. The zero-order valence-corrected chi connectivity index (χ0v) is 23.8. The molecule has 43 heavy (non-hydrogen) atoms. The van der Waals surface area contributed by atoms with Gasteiger partial charge in [0.15, 0.2) is 11.9 Å². The molecular weight excluding hydrogens is 566 g/mol. The lowest BCUT2D eigenvalue weighted by Crippen LogP contribution is -2.57. The van der Waals surface area contributed by atoms with E-state index in [9.17, 15) is 28.0 Å². The van der Waals surface area contributed by atoms with Crippen LogP contribution in [0.15, 0.2) is 35.4 Å². The predicted molar refractivity (Wildman–Crippen MR) is 147 cm³/mol. The molecule has 5 rings (SSSR count). The number of amides is 2. The molecule has 1 N–H and O–H groups in total. The van der Waals surface area contributed by atoms with Crippen LogP contribution in [-0.4, -0.2) is 61.1 Å². The minimum absolute atomic E-state index is 0.00426. The zero-order chi connectivity index (χ0) is 30.7. The number of esters is 1. The third-order valence-corrected chi connectivity index (χ3v) is 7.43. The van der Waals surface area contributed by atoms with Crippen LogP contribution in [0.5, 0.6) is 5.75 Å². The fourth-order valence-corrected chi connectivity index (χ4v) is 5.21. The van der Waals surface area contributed by atoms with Gasteiger partial charge in [-0.15, -0.1) is 5.10 Å². The number of fused-ring (bicyclic) bond motifs is 2. The van der Waals surface area contributed by atoms with Crippen molar-refractivity contribution in [3.63, 3.8) is 0 Å². The monoisotopic (exact) mass is 598 g/mol. The van der Waals surface area contributed by atoms with Gasteiger partial charge < -0.3 is 24.3 Å². The van der Waals surface area contributed by atoms with Gasteiger partial charge in [0, 0.05) is 49.6 Å². The number of carbonyl (C=O) groups is 3. The summed E-state index contributed by atoms with van der Waals surface area (Å²) in [4.78, 5) is 54.8. The second-order valence-corrected chi connectivity index (χ2v) is 10.6. The molecular formula is C29H32F2N6O6. The van der Waals surface area contributed by atoms with Gasteiger partial charge in [-0.05, 0) is 38.7 Å². The van der Waals surface area contributed by atoms with Gasteiger partial charge in [0.1, 0.15) is 17.2 Å². The lowest BCUT2D eigenvalue weighted by Gasteiger charge is -2.44. The van der Waals surface area contributed by atoms with Crippen molar-refractivity contribution in [2.75, 3.05) is 6.61 Å². The second kappa shape index (κ2) is 12.8. The van der Waals surface area contributed by atoms with Crippen LogP contribution in [0.2, 0.25) is 0 Å². The summed E-state index contributed by atoms with van der Waals surface area (Å²) in [6.45, 7) is 4.79. The maximum absolute atomic E-state index is 14.1. The highest BCUT2D eigenvalue weighted by Crippen LogP contribution is 2.30. The number of aryl methyl sites for hydroxylation is 2. The predicted octanol–water partition coefficient (Wildman–Crippen LogP) is 2.58. The fourth-order valence-electron chi connectivity index (χ4n) is 5.21. The molecule has 12 nitrogen and oxygen atoms in total. The van der Waals surface area contributed by atoms with E-state index in [4.69, 9.17) is 9.47 Å². The first-order valence-corrected chi connectivity index (χ1v) is 14.2. The summed E-state index contributed by atoms with van der Waals surface area (Å²) in [6, 6.07) is 2.72. The van der Waals surface area contributed by atoms with E-state index < -0.39 is 52.4 Å². The molecule has 14 heteroatoms. The van der Waals surface area contributed by atoms with Crippen LogP contribution in [0.1, 0.15) is 71.6 Å². The van der Waals surface area contributed by atoms with Crippen LogP contribution in [0.25, 0.3) is 0 Å². The van der Waals surface area contributed by atoms with Crippen LogP contribution in [-0.2, 0) is 35.6 Å². The Morgan fingerprint density at radius 1 is 1.21 bits per heavy atom. The molecule has 0 bridgehead atoms. The number of pyridine rings is 1. The van der Waals surface area contributed by atoms with Gasteiger partial charge in [-0.3, -0.25) is 23.9 Å². The Balaban J connectivity index is 1.39. The van der Waals surface area contributed by atoms with Crippen LogP contribution < -0.4 is 15.5 Å². The first-order chi connectivity index (χ1) is 20.7. The van der Waals surface area contributed by atoms with Crippen LogP contribution in [0, 0.1) is 11.6 Å². The summed E-state index contributed by atoms with van der Waals surface area (Å²) in [6.07, 6.45) is 4.57. The number of benzene rings is 1. The molecule has 228 valence electrons. The highest BCUT2D eigenvalue weighted by Gasteiger charge is 2.42. The quantitative estimate of drug-likeness (QED) is 0.352. The Kier molecular flexibility index (Phi) is 8.94. The zero-order valence-electron chi connectivity index (χ0n) is 23.8. The SMILES string of the molecule is CCCn1cc(CCCC(=O)Oc2c3n(cc(C(=O)NCc4ccc(F)cc4F)c2=O)C[C@@H]2OCC[C@@H](C)N2C3=O)nn1. The lowest BCUT2D eigenvalue weighted by atomic mass is 10.1. The average Bonchev–Trinajstić information content (AvgIpc) is 3.41. The first-order valence-electron chi connectivity index (χ1n) is 14.2. The molecule has 1 fully saturated rings. The topological polar surface area (TPSA) is 138 Å². The Labute approximate surface area is 245 Å². The number of hydrogen-bond acceptors (Lipinski definition) is 8. The Hall–Kier alpha value is -4.46. The third kappa shape index (κ3) is 6.48. The van der Waals surface area contributed by atoms with Gasteiger partial charge in [-0.1, -0.05) is 18.2 Å². The molecule has 0 radical (unpaired) electrons. The van der Waals surface area contributed by atoms with Crippen LogP contribution in [0.3, 0.4) is 0 Å². The fraction of sp³-hybridized carbons (Fsp3) is 0.448. The maximum Gasteiger partial charge on any atom is 0.311 e. The third-order valence-electron chi connectivity index (χ3n) is 7.43. The highest BCUT2D eigenvalue weighted by molar-refractivity contribution is 6.00. The molecule has 2 aromatic heterocycles. The van der Waals surface area contributed by atoms with Crippen molar-refractivity contribution in [2.45, 2.75) is 77.9 Å². The number of aromatic nitrogens is 4. The number of ether oxygens (including phenoxy) is 2. The molecule has 2 aliphatic heterocycles. The molecule has 0 saturated carbocycles. The van der Waals surface area contributed by atoms with Crippen molar-refractivity contribution in [1.29, 1.82) is 0 Å². The van der Waals surface area contributed by atoms with Crippen molar-refractivity contribution >= 4 is 17.8 Å². The maximum atomic E-state index is 14.1. The number of rotatable bonds is 10. The Bertz CT molecular complexity index is 1600. The highest BCUT2D eigenvalue weighted by atomic mass is 19.1. The Morgan fingerprint density at radius 2 is 2.02 bits per heavy atom. The molecule has 0 spiro atoms. The van der Waals surface area contributed by atoms with Crippen molar-refractivity contribution in [3.05, 3.63) is 75.0 Å². The van der Waals surface area contributed by atoms with E-state index in [0.717, 1.165) is 19.0 Å². The van der Waals surface area contributed by atoms with Crippen molar-refractivity contribution in [3.8, 4) is 5.75 Å². The van der Waals surface area contributed by atoms with E-state index in [0.29, 0.717) is 37.6 Å². The standard InChI is InChI=1S/C29H32F2N6O6/c1-3-10-36-14-20(33-34-36)5-4-6-24(38)43-27-25-29(41)37-17(2)9-11-42-23(37)16-35(25)15-21(26(27)39)28(40)32-13-18-7-8-19(30)12-22(18)31/h7-8,12,14-15,17,23H,3-6,9-11,13,16H2,1-2H3,(H,32,40)/t17-,23+/m1/s1. The van der Waals surface area contributed by atoms with E-state index >= 15 is 0 Å². The molecule has 0 unspecified atom stereocenters. The van der Waals surface area contributed by atoms with Crippen molar-refractivity contribution < 1.29 is 32.6 Å². The summed E-state index contributed by atoms with van der Waals surface area (Å²) in [5, 5.41) is 10.6. The number of nitrogens with zero attached hydrogens (tertiary/aromatic N) is 5. The molecule has 2 aliphatic rings. The van der Waals surface area contributed by atoms with E-state index in [-0.39, 0.29) is 36.8 Å². The molecule has 1 saturated heterocycles. The smallest absolute Gasteiger partial charge is 0.311 e. The summed E-state index contributed by atoms with van der Waals surface area (Å²) in [7, 11) is 0. The van der Waals surface area contributed by atoms with Gasteiger partial charge in [0.05, 0.1) is 18.8 Å². The molecule has 0 aliphatic carbocycles. The number of hydrogen-bond donors (Lipinski definition) is 1. The van der Waals surface area contributed by atoms with Gasteiger partial charge in [0.2, 0.25) is 11.2 Å². The normalized spacial score (nSPS) is 17.8. The van der Waals surface area contributed by atoms with Gasteiger partial charge in [0.25, 0.3) is 11.8 Å². The summed E-state index contributed by atoms with van der Waals surface area (Å²) in [5.41, 5.74) is -0.821. The second-order valence-electron chi connectivity index (χ2n) is 10.6. The summed E-state index contributed by atoms with van der Waals surface area (Å²) < 4.78 is 41.8. The largest absolute Gasteiger partial charge is 0.420 e. The van der Waals surface area contributed by atoms with E-state index in [1.54, 1.807) is 10.9 Å². The van der Waals surface area contributed by atoms with E-state index in [1.165, 1.54) is 21.7 Å². The molecule has 1 aromatic carbocycles. The minimum Gasteiger partial charge on any atom is -0.420 e. The Morgan fingerprint density at radius 3 is 2.79 bits per heavy atom. The lowest BCUT2D eigenvalue weighted by molar-refractivity contribution is -0.134. The van der Waals surface area contributed by atoms with Gasteiger partial charge in [-0.25, -0.2) is 8.78 Å². The minimum atomic E-state index is -0.962. The van der Waals surface area contributed by atoms with Crippen molar-refractivity contribution in [2.24, 2.45) is 0 Å². The molecule has 3 aromatic rings. The summed E-state index contributed by atoms with van der Waals surface area (Å²) >= 11 is 0. The summed E-state index contributed by atoms with van der Waals surface area (Å²) in [5.74, 6) is -4.39. The van der Waals surface area contributed by atoms with Crippen molar-refractivity contribution in [1.82, 2.24) is 29.8 Å². The van der Waals surface area contributed by atoms with Gasteiger partial charge >= 0.3 is 5.97 Å². The van der Waals surface area contributed by atoms with Crippen LogP contribution >= 0.6 is 0 Å².